The Morgan fingerprint density at radius 2 is 1.69 bits per heavy atom. The third-order valence-corrected chi connectivity index (χ3v) is 2.42. The molecule has 0 amide bonds. The monoisotopic (exact) mass is 252 g/mol. The van der Waals surface area contributed by atoms with E-state index in [0.717, 1.165) is 12.8 Å². The van der Waals surface area contributed by atoms with Crippen LogP contribution in [0.1, 0.15) is 47.5 Å². The molecule has 0 radical (unpaired) electrons. The van der Waals surface area contributed by atoms with E-state index in [1.54, 1.807) is 0 Å². The molecule has 13 heavy (non-hydrogen) atoms. The van der Waals surface area contributed by atoms with Gasteiger partial charge in [-0.15, -0.1) is 0 Å². The van der Waals surface area contributed by atoms with E-state index in [0.29, 0.717) is 0 Å². The maximum absolute atomic E-state index is 10.9. The Bertz CT molecular complexity index is 131. The Morgan fingerprint density at radius 1 is 1.31 bits per heavy atom. The Balaban J connectivity index is 0. The Labute approximate surface area is 90.2 Å². The third kappa shape index (κ3) is 7.05. The van der Waals surface area contributed by atoms with Crippen molar-refractivity contribution in [3.05, 3.63) is 0 Å². The number of hydrogen-bond acceptors (Lipinski definition) is 2. The Kier molecular flexibility index (Phi) is 10.1. The van der Waals surface area contributed by atoms with Crippen LogP contribution in [0.2, 0.25) is 0 Å². The van der Waals surface area contributed by atoms with Crippen molar-refractivity contribution in [3.63, 3.8) is 0 Å². The molecule has 0 aliphatic carbocycles. The van der Waals surface area contributed by atoms with E-state index in [-0.39, 0.29) is 16.9 Å². The van der Waals surface area contributed by atoms with Gasteiger partial charge in [-0.05, 0) is 19.8 Å². The van der Waals surface area contributed by atoms with Crippen LogP contribution in [-0.4, -0.2) is 16.9 Å². The van der Waals surface area contributed by atoms with Gasteiger partial charge in [-0.25, -0.2) is 0 Å². The van der Waals surface area contributed by atoms with Crippen LogP contribution in [0, 0.1) is 0 Å². The topological polar surface area (TPSA) is 26.3 Å². The summed E-state index contributed by atoms with van der Waals surface area (Å²) in [4.78, 5) is 10.9. The molecule has 0 heterocycles. The molecule has 0 atom stereocenters. The van der Waals surface area contributed by atoms with Gasteiger partial charge in [-0.3, -0.25) is 4.79 Å². The van der Waals surface area contributed by atoms with E-state index in [2.05, 4.69) is 15.9 Å². The van der Waals surface area contributed by atoms with E-state index >= 15 is 0 Å². The van der Waals surface area contributed by atoms with E-state index < -0.39 is 0 Å². The van der Waals surface area contributed by atoms with Gasteiger partial charge in [-0.1, -0.05) is 43.6 Å². The molecule has 0 aromatic carbocycles. The zero-order chi connectivity index (χ0) is 10.9. The number of hydrogen-bond donors (Lipinski definition) is 0. The number of halogens is 1. The lowest BCUT2D eigenvalue weighted by molar-refractivity contribution is -0.155. The summed E-state index contributed by atoms with van der Waals surface area (Å²) in [7, 11) is 0. The highest BCUT2D eigenvalue weighted by molar-refractivity contribution is 9.09. The van der Waals surface area contributed by atoms with Crippen LogP contribution >= 0.6 is 15.9 Å². The first-order chi connectivity index (χ1) is 6.08. The van der Waals surface area contributed by atoms with Crippen LogP contribution in [0.3, 0.4) is 0 Å². The zero-order valence-corrected chi connectivity index (χ0v) is 10.9. The number of carbonyl (C=O) groups is 1. The average Bonchev–Trinajstić information content (AvgIpc) is 2.20. The van der Waals surface area contributed by atoms with Gasteiger partial charge in [0, 0.05) is 0 Å². The van der Waals surface area contributed by atoms with E-state index in [4.69, 9.17) is 4.74 Å². The summed E-state index contributed by atoms with van der Waals surface area (Å²) in [6.07, 6.45) is 1.73. The number of alkyl halides is 1. The first kappa shape index (κ1) is 15.4. The smallest absolute Gasteiger partial charge is 0.317 e. The number of ether oxygens (including phenoxy) is 1. The summed E-state index contributed by atoms with van der Waals surface area (Å²) in [5.74, 6) is -0.184. The largest absolute Gasteiger partial charge is 0.459 e. The molecule has 0 fully saturated rings. The maximum Gasteiger partial charge on any atom is 0.317 e. The van der Waals surface area contributed by atoms with E-state index in [1.165, 1.54) is 0 Å². The highest BCUT2D eigenvalue weighted by Gasteiger charge is 2.23. The average molecular weight is 253 g/mol. The number of esters is 1. The molecule has 0 aromatic heterocycles. The summed E-state index contributed by atoms with van der Waals surface area (Å²) >= 11 is 3.05. The summed E-state index contributed by atoms with van der Waals surface area (Å²) in [6, 6.07) is 0. The molecule has 80 valence electrons. The molecule has 3 heteroatoms. The van der Waals surface area contributed by atoms with Crippen LogP contribution < -0.4 is 0 Å². The Hall–Kier alpha value is -0.0500. The number of carbonyl (C=O) groups excluding carboxylic acids is 1. The maximum atomic E-state index is 10.9. The minimum Gasteiger partial charge on any atom is -0.459 e. The van der Waals surface area contributed by atoms with Crippen LogP contribution in [0.25, 0.3) is 0 Å². The molecule has 2 nitrogen and oxygen atoms in total. The molecule has 0 saturated heterocycles. The molecule has 0 spiro atoms. The second-order valence-corrected chi connectivity index (χ2v) is 3.33. The van der Waals surface area contributed by atoms with Crippen LogP contribution in [0.15, 0.2) is 0 Å². The van der Waals surface area contributed by atoms with Gasteiger partial charge in [0.1, 0.15) is 10.9 Å². The SMILES string of the molecule is CC.CCC(C)(CC)OC(=O)CBr. The summed E-state index contributed by atoms with van der Waals surface area (Å²) in [6.45, 7) is 9.99. The second-order valence-electron chi connectivity index (χ2n) is 2.76. The van der Waals surface area contributed by atoms with Gasteiger partial charge in [-0.2, -0.15) is 0 Å². The fourth-order valence-corrected chi connectivity index (χ4v) is 0.811. The summed E-state index contributed by atoms with van der Waals surface area (Å²) in [5.41, 5.74) is -0.273. The van der Waals surface area contributed by atoms with Gasteiger partial charge < -0.3 is 4.74 Å². The molecule has 0 aliphatic heterocycles. The van der Waals surface area contributed by atoms with Crippen molar-refractivity contribution in [2.24, 2.45) is 0 Å². The van der Waals surface area contributed by atoms with E-state index in [9.17, 15) is 4.79 Å². The van der Waals surface area contributed by atoms with Crippen molar-refractivity contribution in [2.75, 3.05) is 5.33 Å². The fraction of sp³-hybridized carbons (Fsp3) is 0.900. The van der Waals surface area contributed by atoms with Gasteiger partial charge in [0.2, 0.25) is 0 Å². The van der Waals surface area contributed by atoms with Crippen LogP contribution in [0.4, 0.5) is 0 Å². The molecule has 0 unspecified atom stereocenters. The van der Waals surface area contributed by atoms with Gasteiger partial charge in [0.25, 0.3) is 0 Å². The van der Waals surface area contributed by atoms with Crippen molar-refractivity contribution in [1.82, 2.24) is 0 Å². The van der Waals surface area contributed by atoms with Crippen LogP contribution in [-0.2, 0) is 9.53 Å². The van der Waals surface area contributed by atoms with Crippen molar-refractivity contribution in [2.45, 2.75) is 53.1 Å². The van der Waals surface area contributed by atoms with Crippen molar-refractivity contribution >= 4 is 21.9 Å². The lowest BCUT2D eigenvalue weighted by Gasteiger charge is -2.26. The quantitative estimate of drug-likeness (QED) is 0.566. The molecular weight excluding hydrogens is 232 g/mol. The normalized spacial score (nSPS) is 10.0. The lowest BCUT2D eigenvalue weighted by Crippen LogP contribution is -2.30. The van der Waals surface area contributed by atoms with E-state index in [1.807, 2.05) is 34.6 Å². The van der Waals surface area contributed by atoms with Crippen molar-refractivity contribution in [1.29, 1.82) is 0 Å². The molecule has 0 rings (SSSR count). The third-order valence-electron chi connectivity index (χ3n) is 1.97. The van der Waals surface area contributed by atoms with Crippen molar-refractivity contribution in [3.8, 4) is 0 Å². The first-order valence-electron chi connectivity index (χ1n) is 4.85. The summed E-state index contributed by atoms with van der Waals surface area (Å²) < 4.78 is 5.20. The highest BCUT2D eigenvalue weighted by Crippen LogP contribution is 2.19. The predicted molar refractivity (Wildman–Crippen MR) is 60.2 cm³/mol. The zero-order valence-electron chi connectivity index (χ0n) is 9.32. The van der Waals surface area contributed by atoms with Gasteiger partial charge in [0.15, 0.2) is 0 Å². The minimum atomic E-state index is -0.273. The second kappa shape index (κ2) is 8.54. The molecule has 0 aliphatic rings. The van der Waals surface area contributed by atoms with Crippen molar-refractivity contribution < 1.29 is 9.53 Å². The molecule has 0 bridgehead atoms. The minimum absolute atomic E-state index is 0.184. The fourth-order valence-electron chi connectivity index (χ4n) is 0.696. The molecule has 0 aromatic rings. The Morgan fingerprint density at radius 3 is 1.92 bits per heavy atom. The van der Waals surface area contributed by atoms with Gasteiger partial charge in [0.05, 0.1) is 0 Å². The first-order valence-corrected chi connectivity index (χ1v) is 5.98. The molecular formula is C10H21BrO2. The lowest BCUT2D eigenvalue weighted by atomic mass is 10.0. The highest BCUT2D eigenvalue weighted by atomic mass is 79.9. The van der Waals surface area contributed by atoms with Crippen LogP contribution in [0.5, 0.6) is 0 Å². The molecule has 0 saturated carbocycles. The summed E-state index contributed by atoms with van der Waals surface area (Å²) in [5, 5.41) is 0.280. The molecule has 0 N–H and O–H groups in total. The number of rotatable bonds is 4. The predicted octanol–water partition coefficient (Wildman–Crippen LogP) is 3.53. The van der Waals surface area contributed by atoms with Gasteiger partial charge >= 0.3 is 5.97 Å². The standard InChI is InChI=1S/C8H15BrO2.C2H6/c1-4-8(3,5-2)11-7(10)6-9;1-2/h4-6H2,1-3H3;1-2H3.